The highest BCUT2D eigenvalue weighted by molar-refractivity contribution is 7.20. The van der Waals surface area contributed by atoms with Crippen LogP contribution < -0.4 is 9.74 Å². The number of nitrogens with zero attached hydrogens (tertiary/aromatic N) is 1. The molecule has 0 bridgehead atoms. The van der Waals surface area contributed by atoms with Crippen molar-refractivity contribution in [2.45, 2.75) is 38.9 Å². The molecule has 1 aromatic heterocycles. The molecule has 0 saturated carbocycles. The highest BCUT2D eigenvalue weighted by atomic mass is 32.1. The highest BCUT2D eigenvalue weighted by Crippen LogP contribution is 2.38. The molecular formula is C16H24N2O3SSi. The normalized spacial score (nSPS) is 12.4. The first-order chi connectivity index (χ1) is 10.6. The van der Waals surface area contributed by atoms with Gasteiger partial charge in [0.2, 0.25) is 8.32 Å². The summed E-state index contributed by atoms with van der Waals surface area (Å²) in [7, 11) is -1.89. The summed E-state index contributed by atoms with van der Waals surface area (Å²) in [6.07, 6.45) is 0. The van der Waals surface area contributed by atoms with Gasteiger partial charge in [-0.1, -0.05) is 20.8 Å². The molecule has 0 aliphatic heterocycles. The molecule has 0 fully saturated rings. The number of aliphatic hydroxyl groups excluding tert-OH is 1. The summed E-state index contributed by atoms with van der Waals surface area (Å²) in [6, 6.07) is 5.76. The number of carbonyl (C=O) groups is 1. The van der Waals surface area contributed by atoms with E-state index in [9.17, 15) is 4.79 Å². The number of amides is 1. The smallest absolute Gasteiger partial charge is 0.280 e. The van der Waals surface area contributed by atoms with Crippen LogP contribution in [-0.2, 0) is 0 Å². The molecule has 0 unspecified atom stereocenters. The average Bonchev–Trinajstić information content (AvgIpc) is 2.86. The number of aromatic nitrogens is 1. The van der Waals surface area contributed by atoms with Crippen molar-refractivity contribution in [1.29, 1.82) is 0 Å². The predicted molar refractivity (Wildman–Crippen MR) is 96.9 cm³/mol. The van der Waals surface area contributed by atoms with Gasteiger partial charge in [0.15, 0.2) is 5.01 Å². The molecule has 1 amide bonds. The molecule has 23 heavy (non-hydrogen) atoms. The van der Waals surface area contributed by atoms with Gasteiger partial charge in [0.1, 0.15) is 5.75 Å². The molecule has 0 atom stereocenters. The van der Waals surface area contributed by atoms with Gasteiger partial charge < -0.3 is 14.8 Å². The molecule has 2 aromatic rings. The Hall–Kier alpha value is -1.44. The summed E-state index contributed by atoms with van der Waals surface area (Å²) in [5.41, 5.74) is 0.784. The van der Waals surface area contributed by atoms with Gasteiger partial charge in [0.05, 0.1) is 16.8 Å². The van der Waals surface area contributed by atoms with Crippen LogP contribution in [0.3, 0.4) is 0 Å². The number of thiazole rings is 1. The Morgan fingerprint density at radius 1 is 1.39 bits per heavy atom. The fourth-order valence-electron chi connectivity index (χ4n) is 1.76. The minimum Gasteiger partial charge on any atom is -0.543 e. The quantitative estimate of drug-likeness (QED) is 0.809. The second-order valence-corrected chi connectivity index (χ2v) is 12.7. The van der Waals surface area contributed by atoms with Crippen LogP contribution in [0.1, 0.15) is 30.6 Å². The third-order valence-corrected chi connectivity index (χ3v) is 9.51. The molecule has 0 aliphatic carbocycles. The second-order valence-electron chi connectivity index (χ2n) is 6.99. The van der Waals surface area contributed by atoms with Gasteiger partial charge in [-0.25, -0.2) is 4.98 Å². The summed E-state index contributed by atoms with van der Waals surface area (Å²) >= 11 is 1.33. The Labute approximate surface area is 141 Å². The highest BCUT2D eigenvalue weighted by Gasteiger charge is 2.39. The van der Waals surface area contributed by atoms with E-state index >= 15 is 0 Å². The van der Waals surface area contributed by atoms with Crippen molar-refractivity contribution in [2.24, 2.45) is 0 Å². The molecule has 0 radical (unpaired) electrons. The van der Waals surface area contributed by atoms with Crippen LogP contribution >= 0.6 is 11.3 Å². The van der Waals surface area contributed by atoms with Crippen LogP contribution in [-0.4, -0.2) is 37.5 Å². The van der Waals surface area contributed by atoms with Crippen molar-refractivity contribution < 1.29 is 14.3 Å². The van der Waals surface area contributed by atoms with Gasteiger partial charge in [0.25, 0.3) is 5.91 Å². The second kappa shape index (κ2) is 6.58. The third-order valence-electron chi connectivity index (χ3n) is 4.13. The van der Waals surface area contributed by atoms with E-state index in [1.54, 1.807) is 0 Å². The number of benzene rings is 1. The minimum atomic E-state index is -1.89. The lowest BCUT2D eigenvalue weighted by Gasteiger charge is -2.36. The van der Waals surface area contributed by atoms with E-state index in [1.807, 2.05) is 18.2 Å². The van der Waals surface area contributed by atoms with Crippen LogP contribution in [0, 0.1) is 0 Å². The van der Waals surface area contributed by atoms with E-state index in [-0.39, 0.29) is 24.1 Å². The van der Waals surface area contributed by atoms with E-state index in [0.717, 1.165) is 16.0 Å². The molecule has 2 rings (SSSR count). The monoisotopic (exact) mass is 352 g/mol. The van der Waals surface area contributed by atoms with Crippen molar-refractivity contribution in [2.75, 3.05) is 13.2 Å². The average molecular weight is 353 g/mol. The van der Waals surface area contributed by atoms with Crippen LogP contribution in [0.2, 0.25) is 18.1 Å². The lowest BCUT2D eigenvalue weighted by Crippen LogP contribution is -2.43. The zero-order valence-corrected chi connectivity index (χ0v) is 16.1. The van der Waals surface area contributed by atoms with Gasteiger partial charge in [0, 0.05) is 6.54 Å². The Balaban J connectivity index is 2.24. The summed E-state index contributed by atoms with van der Waals surface area (Å²) in [6.45, 7) is 11.2. The van der Waals surface area contributed by atoms with E-state index in [1.165, 1.54) is 11.3 Å². The van der Waals surface area contributed by atoms with Crippen molar-refractivity contribution in [3.63, 3.8) is 0 Å². The fourth-order valence-corrected chi connectivity index (χ4v) is 3.69. The Kier molecular flexibility index (Phi) is 5.13. The van der Waals surface area contributed by atoms with E-state index in [0.29, 0.717) is 5.01 Å². The summed E-state index contributed by atoms with van der Waals surface area (Å²) < 4.78 is 7.22. The first-order valence-electron chi connectivity index (χ1n) is 7.63. The van der Waals surface area contributed by atoms with E-state index in [2.05, 4.69) is 44.2 Å². The molecule has 0 saturated heterocycles. The van der Waals surface area contributed by atoms with Crippen molar-refractivity contribution in [3.8, 4) is 5.75 Å². The maximum atomic E-state index is 11.9. The summed E-state index contributed by atoms with van der Waals surface area (Å²) in [4.78, 5) is 16.3. The maximum Gasteiger partial charge on any atom is 0.280 e. The maximum absolute atomic E-state index is 11.9. The standard InChI is InChI=1S/C16H24N2O3SSi/c1-16(2,3)23(4,5)21-11-6-7-12-13(10-11)22-15(18-12)14(20)17-8-9-19/h6-7,10,19H,8-9H2,1-5H3,(H,17,20). The topological polar surface area (TPSA) is 71.5 Å². The first-order valence-corrected chi connectivity index (χ1v) is 11.4. The molecule has 2 N–H and O–H groups in total. The van der Waals surface area contributed by atoms with Crippen molar-refractivity contribution >= 4 is 35.8 Å². The van der Waals surface area contributed by atoms with Crippen molar-refractivity contribution in [1.82, 2.24) is 10.3 Å². The SMILES string of the molecule is CC(C)(C)[Si](C)(C)Oc1ccc2nc(C(=O)NCCO)sc2c1. The Morgan fingerprint density at radius 2 is 2.09 bits per heavy atom. The van der Waals surface area contributed by atoms with E-state index in [4.69, 9.17) is 9.53 Å². The number of rotatable bonds is 5. The summed E-state index contributed by atoms with van der Waals surface area (Å²) in [5.74, 6) is 0.571. The Morgan fingerprint density at radius 3 is 2.70 bits per heavy atom. The van der Waals surface area contributed by atoms with Crippen molar-refractivity contribution in [3.05, 3.63) is 23.2 Å². The van der Waals surface area contributed by atoms with E-state index < -0.39 is 8.32 Å². The number of carbonyl (C=O) groups excluding carboxylic acids is 1. The number of hydrogen-bond donors (Lipinski definition) is 2. The number of fused-ring (bicyclic) bond motifs is 1. The number of nitrogens with one attached hydrogen (secondary N) is 1. The number of hydrogen-bond acceptors (Lipinski definition) is 5. The fraction of sp³-hybridized carbons (Fsp3) is 0.500. The Bertz CT molecular complexity index is 707. The van der Waals surface area contributed by atoms with Crippen LogP contribution in [0.15, 0.2) is 18.2 Å². The van der Waals surface area contributed by atoms with Gasteiger partial charge in [-0.3, -0.25) is 4.79 Å². The zero-order chi connectivity index (χ0) is 17.3. The first kappa shape index (κ1) is 17.9. The van der Waals surface area contributed by atoms with Crippen LogP contribution in [0.4, 0.5) is 0 Å². The number of aliphatic hydroxyl groups is 1. The zero-order valence-electron chi connectivity index (χ0n) is 14.3. The molecule has 5 nitrogen and oxygen atoms in total. The molecule has 0 spiro atoms. The molecule has 1 heterocycles. The van der Waals surface area contributed by atoms with Gasteiger partial charge in [-0.05, 0) is 36.3 Å². The third kappa shape index (κ3) is 4.10. The van der Waals surface area contributed by atoms with Gasteiger partial charge in [-0.15, -0.1) is 11.3 Å². The van der Waals surface area contributed by atoms with Gasteiger partial charge >= 0.3 is 0 Å². The molecule has 1 aromatic carbocycles. The summed E-state index contributed by atoms with van der Waals surface area (Å²) in [5, 5.41) is 11.9. The predicted octanol–water partition coefficient (Wildman–Crippen LogP) is 3.40. The lowest BCUT2D eigenvalue weighted by molar-refractivity contribution is 0.0944. The minimum absolute atomic E-state index is 0.0822. The molecule has 0 aliphatic rings. The molecule has 7 heteroatoms. The largest absolute Gasteiger partial charge is 0.543 e. The van der Waals surface area contributed by atoms with Crippen LogP contribution in [0.5, 0.6) is 5.75 Å². The van der Waals surface area contributed by atoms with Gasteiger partial charge in [-0.2, -0.15) is 0 Å². The molecule has 126 valence electrons. The lowest BCUT2D eigenvalue weighted by atomic mass is 10.2. The molecular weight excluding hydrogens is 328 g/mol. The van der Waals surface area contributed by atoms with Crippen LogP contribution in [0.25, 0.3) is 10.2 Å².